The lowest BCUT2D eigenvalue weighted by Crippen LogP contribution is -2.24. The van der Waals surface area contributed by atoms with Crippen molar-refractivity contribution in [2.75, 3.05) is 6.54 Å². The monoisotopic (exact) mass is 251 g/mol. The Bertz CT molecular complexity index is 354. The lowest BCUT2D eigenvalue weighted by atomic mass is 10.00. The minimum absolute atomic E-state index is 0.429. The smallest absolute Gasteiger partial charge is 0.165 e. The maximum atomic E-state index is 4.17. The summed E-state index contributed by atoms with van der Waals surface area (Å²) in [5.74, 6) is 2.37. The van der Waals surface area contributed by atoms with Crippen LogP contribution in [0.1, 0.15) is 58.3 Å². The fourth-order valence-electron chi connectivity index (χ4n) is 2.76. The summed E-state index contributed by atoms with van der Waals surface area (Å²) < 4.78 is 2.02. The number of nitrogens with zero attached hydrogens (tertiary/aromatic N) is 4. The molecule has 102 valence electrons. The minimum Gasteiger partial charge on any atom is -0.310 e. The van der Waals surface area contributed by atoms with Crippen molar-refractivity contribution in [3.05, 3.63) is 5.82 Å². The topological polar surface area (TPSA) is 55.6 Å². The van der Waals surface area contributed by atoms with E-state index in [9.17, 15) is 0 Å². The average molecular weight is 251 g/mol. The van der Waals surface area contributed by atoms with Gasteiger partial charge in [0.1, 0.15) is 0 Å². The zero-order valence-electron chi connectivity index (χ0n) is 11.8. The fourth-order valence-corrected chi connectivity index (χ4v) is 2.76. The van der Waals surface area contributed by atoms with Crippen molar-refractivity contribution in [2.24, 2.45) is 11.8 Å². The maximum Gasteiger partial charge on any atom is 0.165 e. The van der Waals surface area contributed by atoms with Gasteiger partial charge in [-0.3, -0.25) is 0 Å². The van der Waals surface area contributed by atoms with Crippen LogP contribution in [-0.4, -0.2) is 26.8 Å². The molecule has 0 radical (unpaired) electrons. The van der Waals surface area contributed by atoms with Crippen LogP contribution in [0.5, 0.6) is 0 Å². The van der Waals surface area contributed by atoms with Crippen LogP contribution in [0.2, 0.25) is 0 Å². The van der Waals surface area contributed by atoms with Crippen LogP contribution in [0.25, 0.3) is 0 Å². The van der Waals surface area contributed by atoms with Gasteiger partial charge in [0.15, 0.2) is 5.82 Å². The summed E-state index contributed by atoms with van der Waals surface area (Å²) in [5, 5.41) is 15.6. The van der Waals surface area contributed by atoms with Crippen LogP contribution in [0.15, 0.2) is 0 Å². The van der Waals surface area contributed by atoms with Crippen LogP contribution in [0.3, 0.4) is 0 Å². The molecular formula is C13H25N5. The Balaban J connectivity index is 1.93. The second-order valence-corrected chi connectivity index (χ2v) is 5.85. The van der Waals surface area contributed by atoms with E-state index < -0.39 is 0 Å². The van der Waals surface area contributed by atoms with Crippen molar-refractivity contribution in [1.82, 2.24) is 25.5 Å². The Labute approximate surface area is 109 Å². The van der Waals surface area contributed by atoms with Gasteiger partial charge in [-0.15, -0.1) is 5.10 Å². The van der Waals surface area contributed by atoms with Crippen molar-refractivity contribution in [3.8, 4) is 0 Å². The summed E-state index contributed by atoms with van der Waals surface area (Å²) in [7, 11) is 0. The highest BCUT2D eigenvalue weighted by atomic mass is 15.6. The Hall–Kier alpha value is -0.970. The highest BCUT2D eigenvalue weighted by Gasteiger charge is 2.25. The largest absolute Gasteiger partial charge is 0.310 e. The lowest BCUT2D eigenvalue weighted by Gasteiger charge is -2.20. The number of aromatic nitrogens is 4. The van der Waals surface area contributed by atoms with E-state index in [2.05, 4.69) is 41.6 Å². The molecule has 1 atom stereocenters. The van der Waals surface area contributed by atoms with Gasteiger partial charge in [-0.25, -0.2) is 4.68 Å². The summed E-state index contributed by atoms with van der Waals surface area (Å²) in [6, 6.07) is 0.429. The van der Waals surface area contributed by atoms with E-state index in [-0.39, 0.29) is 0 Å². The molecule has 0 saturated heterocycles. The van der Waals surface area contributed by atoms with Crippen molar-refractivity contribution < 1.29 is 0 Å². The van der Waals surface area contributed by atoms with Crippen molar-refractivity contribution in [3.63, 3.8) is 0 Å². The van der Waals surface area contributed by atoms with E-state index in [1.54, 1.807) is 0 Å². The van der Waals surface area contributed by atoms with Gasteiger partial charge >= 0.3 is 0 Å². The molecule has 1 N–H and O–H groups in total. The first kappa shape index (κ1) is 13.5. The van der Waals surface area contributed by atoms with Gasteiger partial charge in [0.25, 0.3) is 0 Å². The Kier molecular flexibility index (Phi) is 4.69. The summed E-state index contributed by atoms with van der Waals surface area (Å²) >= 11 is 0. The normalized spacial score (nSPS) is 18.7. The van der Waals surface area contributed by atoms with Gasteiger partial charge in [0.2, 0.25) is 0 Å². The third-order valence-corrected chi connectivity index (χ3v) is 3.86. The van der Waals surface area contributed by atoms with Gasteiger partial charge in [-0.1, -0.05) is 26.7 Å². The molecule has 5 heteroatoms. The maximum absolute atomic E-state index is 4.17. The number of nitrogens with one attached hydrogen (secondary N) is 1. The molecule has 0 aromatic carbocycles. The molecule has 1 saturated carbocycles. The van der Waals surface area contributed by atoms with Crippen LogP contribution in [-0.2, 0) is 6.54 Å². The molecule has 2 rings (SSSR count). The number of hydrogen-bond donors (Lipinski definition) is 1. The molecule has 0 aliphatic heterocycles. The SMILES string of the molecule is CC(C)CNCc1nnnn1C(C)C1CCCC1. The highest BCUT2D eigenvalue weighted by molar-refractivity contribution is 4.86. The van der Waals surface area contributed by atoms with Gasteiger partial charge in [-0.2, -0.15) is 0 Å². The second kappa shape index (κ2) is 6.27. The minimum atomic E-state index is 0.429. The van der Waals surface area contributed by atoms with Crippen LogP contribution >= 0.6 is 0 Å². The number of rotatable bonds is 6. The van der Waals surface area contributed by atoms with E-state index in [1.165, 1.54) is 25.7 Å². The molecular weight excluding hydrogens is 226 g/mol. The highest BCUT2D eigenvalue weighted by Crippen LogP contribution is 2.33. The van der Waals surface area contributed by atoms with E-state index >= 15 is 0 Å². The molecule has 0 amide bonds. The van der Waals surface area contributed by atoms with Crippen LogP contribution in [0, 0.1) is 11.8 Å². The van der Waals surface area contributed by atoms with Crippen molar-refractivity contribution in [1.29, 1.82) is 0 Å². The van der Waals surface area contributed by atoms with Crippen LogP contribution in [0.4, 0.5) is 0 Å². The van der Waals surface area contributed by atoms with Crippen molar-refractivity contribution in [2.45, 2.75) is 59.0 Å². The molecule has 1 unspecified atom stereocenters. The van der Waals surface area contributed by atoms with E-state index in [1.807, 2.05) is 4.68 Å². The first-order chi connectivity index (χ1) is 8.68. The Morgan fingerprint density at radius 2 is 2.00 bits per heavy atom. The summed E-state index contributed by atoms with van der Waals surface area (Å²) in [5.41, 5.74) is 0. The van der Waals surface area contributed by atoms with E-state index in [0.29, 0.717) is 12.0 Å². The molecule has 1 fully saturated rings. The fraction of sp³-hybridized carbons (Fsp3) is 0.923. The molecule has 0 spiro atoms. The molecule has 1 heterocycles. The quantitative estimate of drug-likeness (QED) is 0.842. The van der Waals surface area contributed by atoms with E-state index in [0.717, 1.165) is 24.8 Å². The third kappa shape index (κ3) is 3.28. The number of tetrazole rings is 1. The standard InChI is InChI=1S/C13H25N5/c1-10(2)8-14-9-13-15-16-17-18(13)11(3)12-6-4-5-7-12/h10-12,14H,4-9H2,1-3H3. The van der Waals surface area contributed by atoms with Gasteiger partial charge in [0, 0.05) is 0 Å². The Morgan fingerprint density at radius 3 is 2.67 bits per heavy atom. The molecule has 0 bridgehead atoms. The lowest BCUT2D eigenvalue weighted by molar-refractivity contribution is 0.318. The van der Waals surface area contributed by atoms with Crippen molar-refractivity contribution >= 4 is 0 Å². The van der Waals surface area contributed by atoms with Crippen LogP contribution < -0.4 is 5.32 Å². The summed E-state index contributed by atoms with van der Waals surface area (Å²) in [6.45, 7) is 8.43. The predicted molar refractivity (Wildman–Crippen MR) is 71.0 cm³/mol. The third-order valence-electron chi connectivity index (χ3n) is 3.86. The number of hydrogen-bond acceptors (Lipinski definition) is 4. The second-order valence-electron chi connectivity index (χ2n) is 5.85. The molecule has 1 aromatic rings. The summed E-state index contributed by atoms with van der Waals surface area (Å²) in [6.07, 6.45) is 5.36. The molecule has 18 heavy (non-hydrogen) atoms. The van der Waals surface area contributed by atoms with E-state index in [4.69, 9.17) is 0 Å². The zero-order valence-corrected chi connectivity index (χ0v) is 11.8. The molecule has 1 aliphatic rings. The van der Waals surface area contributed by atoms with Gasteiger partial charge in [-0.05, 0) is 48.6 Å². The first-order valence-corrected chi connectivity index (χ1v) is 7.16. The molecule has 5 nitrogen and oxygen atoms in total. The van der Waals surface area contributed by atoms with Gasteiger partial charge < -0.3 is 5.32 Å². The summed E-state index contributed by atoms with van der Waals surface area (Å²) in [4.78, 5) is 0. The molecule has 1 aliphatic carbocycles. The zero-order chi connectivity index (χ0) is 13.0. The predicted octanol–water partition coefficient (Wildman–Crippen LogP) is 2.17. The molecule has 1 aromatic heterocycles. The average Bonchev–Trinajstić information content (AvgIpc) is 2.98. The Morgan fingerprint density at radius 1 is 1.28 bits per heavy atom. The van der Waals surface area contributed by atoms with Gasteiger partial charge in [0.05, 0.1) is 12.6 Å². The first-order valence-electron chi connectivity index (χ1n) is 7.16.